The van der Waals surface area contributed by atoms with E-state index in [-0.39, 0.29) is 18.4 Å². The van der Waals surface area contributed by atoms with Gasteiger partial charge in [-0.25, -0.2) is 0 Å². The fourth-order valence-electron chi connectivity index (χ4n) is 2.40. The molecule has 5 nitrogen and oxygen atoms in total. The number of unbranched alkanes of at least 4 members (excludes halogenated alkanes) is 1. The second-order valence-corrected chi connectivity index (χ2v) is 5.51. The van der Waals surface area contributed by atoms with Gasteiger partial charge in [0.25, 0.3) is 0 Å². The van der Waals surface area contributed by atoms with Crippen LogP contribution in [0.3, 0.4) is 0 Å². The second kappa shape index (κ2) is 7.45. The van der Waals surface area contributed by atoms with Crippen LogP contribution < -0.4 is 5.43 Å². The van der Waals surface area contributed by atoms with E-state index in [0.717, 1.165) is 19.4 Å². The van der Waals surface area contributed by atoms with Crippen LogP contribution in [0.1, 0.15) is 51.0 Å². The first-order valence-corrected chi connectivity index (χ1v) is 7.18. The zero-order valence-corrected chi connectivity index (χ0v) is 12.9. The third-order valence-corrected chi connectivity index (χ3v) is 3.40. The molecular formula is C15H26N2O3. The van der Waals surface area contributed by atoms with Gasteiger partial charge in [0.15, 0.2) is 5.75 Å². The smallest absolute Gasteiger partial charge is 0.223 e. The lowest BCUT2D eigenvalue weighted by Crippen LogP contribution is -2.26. The Labute approximate surface area is 120 Å². The molecule has 0 saturated carbocycles. The summed E-state index contributed by atoms with van der Waals surface area (Å²) in [6.45, 7) is 7.26. The molecule has 0 fully saturated rings. The summed E-state index contributed by atoms with van der Waals surface area (Å²) in [6.07, 6.45) is 2.17. The van der Waals surface area contributed by atoms with Crippen molar-refractivity contribution in [2.75, 3.05) is 13.6 Å². The predicted molar refractivity (Wildman–Crippen MR) is 79.9 cm³/mol. The van der Waals surface area contributed by atoms with Gasteiger partial charge < -0.3 is 19.7 Å². The molecule has 5 heteroatoms. The third kappa shape index (κ3) is 3.84. The normalized spacial score (nSPS) is 11.6. The first-order valence-electron chi connectivity index (χ1n) is 7.18. The molecule has 114 valence electrons. The van der Waals surface area contributed by atoms with Crippen molar-refractivity contribution in [2.24, 2.45) is 0 Å². The van der Waals surface area contributed by atoms with E-state index in [2.05, 4.69) is 11.8 Å². The number of rotatable bonds is 7. The maximum Gasteiger partial charge on any atom is 0.223 e. The minimum atomic E-state index is -0.426. The first-order chi connectivity index (χ1) is 9.42. The zero-order valence-electron chi connectivity index (χ0n) is 12.9. The molecule has 0 aromatic carbocycles. The molecule has 1 aromatic rings. The lowest BCUT2D eigenvalue weighted by atomic mass is 10.2. The molecule has 0 atom stereocenters. The summed E-state index contributed by atoms with van der Waals surface area (Å²) in [4.78, 5) is 13.9. The lowest BCUT2D eigenvalue weighted by molar-refractivity contribution is 0.256. The Balaban J connectivity index is 3.21. The minimum absolute atomic E-state index is 0.0678. The fourth-order valence-corrected chi connectivity index (χ4v) is 2.40. The molecule has 0 bridgehead atoms. The Morgan fingerprint density at radius 2 is 2.05 bits per heavy atom. The van der Waals surface area contributed by atoms with Gasteiger partial charge in [0.2, 0.25) is 5.43 Å². The van der Waals surface area contributed by atoms with E-state index < -0.39 is 5.43 Å². The van der Waals surface area contributed by atoms with Crippen LogP contribution in [0.25, 0.3) is 0 Å². The molecule has 0 amide bonds. The SMILES string of the molecule is CCCCN(C)Cc1c(O)c(=O)cc(CO)n1C(C)C. The van der Waals surface area contributed by atoms with E-state index in [0.29, 0.717) is 17.9 Å². The van der Waals surface area contributed by atoms with Gasteiger partial charge in [-0.2, -0.15) is 0 Å². The maximum atomic E-state index is 11.8. The third-order valence-electron chi connectivity index (χ3n) is 3.40. The zero-order chi connectivity index (χ0) is 15.3. The average Bonchev–Trinajstić information content (AvgIpc) is 2.40. The average molecular weight is 282 g/mol. The molecule has 0 saturated heterocycles. The molecule has 0 aliphatic heterocycles. The van der Waals surface area contributed by atoms with Crippen molar-refractivity contribution in [3.63, 3.8) is 0 Å². The first kappa shape index (κ1) is 16.7. The van der Waals surface area contributed by atoms with Crippen LogP contribution in [-0.4, -0.2) is 33.3 Å². The largest absolute Gasteiger partial charge is 0.503 e. The van der Waals surface area contributed by atoms with Crippen molar-refractivity contribution in [1.29, 1.82) is 0 Å². The Morgan fingerprint density at radius 3 is 2.55 bits per heavy atom. The summed E-state index contributed by atoms with van der Waals surface area (Å²) in [7, 11) is 1.97. The van der Waals surface area contributed by atoms with Crippen LogP contribution in [0, 0.1) is 0 Å². The Kier molecular flexibility index (Phi) is 6.23. The summed E-state index contributed by atoms with van der Waals surface area (Å²) < 4.78 is 1.85. The van der Waals surface area contributed by atoms with E-state index in [1.54, 1.807) is 0 Å². The summed E-state index contributed by atoms with van der Waals surface area (Å²) in [5, 5.41) is 19.5. The molecule has 1 rings (SSSR count). The molecule has 0 unspecified atom stereocenters. The van der Waals surface area contributed by atoms with Crippen LogP contribution in [0.4, 0.5) is 0 Å². The molecule has 1 heterocycles. The van der Waals surface area contributed by atoms with Gasteiger partial charge in [0.05, 0.1) is 12.3 Å². The number of aromatic hydroxyl groups is 1. The van der Waals surface area contributed by atoms with Gasteiger partial charge in [-0.1, -0.05) is 13.3 Å². The summed E-state index contributed by atoms with van der Waals surface area (Å²) in [5.41, 5.74) is 0.696. The highest BCUT2D eigenvalue weighted by Crippen LogP contribution is 2.21. The van der Waals surface area contributed by atoms with E-state index in [9.17, 15) is 15.0 Å². The van der Waals surface area contributed by atoms with Crippen molar-refractivity contribution in [2.45, 2.75) is 52.8 Å². The second-order valence-electron chi connectivity index (χ2n) is 5.51. The highest BCUT2D eigenvalue weighted by Gasteiger charge is 2.17. The number of aliphatic hydroxyl groups is 1. The number of aliphatic hydroxyl groups excluding tert-OH is 1. The highest BCUT2D eigenvalue weighted by molar-refractivity contribution is 5.30. The molecule has 20 heavy (non-hydrogen) atoms. The van der Waals surface area contributed by atoms with Gasteiger partial charge >= 0.3 is 0 Å². The Morgan fingerprint density at radius 1 is 1.40 bits per heavy atom. The van der Waals surface area contributed by atoms with Crippen molar-refractivity contribution < 1.29 is 10.2 Å². The van der Waals surface area contributed by atoms with Gasteiger partial charge in [-0.15, -0.1) is 0 Å². The molecule has 1 aromatic heterocycles. The fraction of sp³-hybridized carbons (Fsp3) is 0.667. The number of nitrogens with zero attached hydrogens (tertiary/aromatic N) is 2. The predicted octanol–water partition coefficient (Wildman–Crippen LogP) is 1.86. The topological polar surface area (TPSA) is 65.7 Å². The van der Waals surface area contributed by atoms with Crippen LogP contribution in [-0.2, 0) is 13.2 Å². The molecule has 0 aliphatic rings. The van der Waals surface area contributed by atoms with Crippen molar-refractivity contribution >= 4 is 0 Å². The Bertz CT molecular complexity index is 495. The van der Waals surface area contributed by atoms with Crippen molar-refractivity contribution in [3.8, 4) is 5.75 Å². The van der Waals surface area contributed by atoms with Crippen LogP contribution in [0.15, 0.2) is 10.9 Å². The molecular weight excluding hydrogens is 256 g/mol. The van der Waals surface area contributed by atoms with Gasteiger partial charge in [-0.3, -0.25) is 4.79 Å². The van der Waals surface area contributed by atoms with Gasteiger partial charge in [0.1, 0.15) is 0 Å². The summed E-state index contributed by atoms with van der Waals surface area (Å²) in [5.74, 6) is -0.209. The van der Waals surface area contributed by atoms with E-state index in [1.807, 2.05) is 25.5 Å². The standard InChI is InChI=1S/C15H26N2O3/c1-5-6-7-16(4)9-13-15(20)14(19)8-12(10-18)17(13)11(2)3/h8,11,18,20H,5-7,9-10H2,1-4H3. The monoisotopic (exact) mass is 282 g/mol. The van der Waals surface area contributed by atoms with E-state index in [4.69, 9.17) is 0 Å². The lowest BCUT2D eigenvalue weighted by Gasteiger charge is -2.25. The van der Waals surface area contributed by atoms with Gasteiger partial charge in [-0.05, 0) is 33.9 Å². The quantitative estimate of drug-likeness (QED) is 0.801. The van der Waals surface area contributed by atoms with E-state index in [1.165, 1.54) is 6.07 Å². The van der Waals surface area contributed by atoms with Crippen LogP contribution in [0.5, 0.6) is 5.75 Å². The molecule has 0 spiro atoms. The van der Waals surface area contributed by atoms with E-state index >= 15 is 0 Å². The summed E-state index contributed by atoms with van der Waals surface area (Å²) in [6, 6.07) is 1.38. The Hall–Kier alpha value is -1.33. The number of pyridine rings is 1. The number of hydrogen-bond acceptors (Lipinski definition) is 4. The summed E-state index contributed by atoms with van der Waals surface area (Å²) >= 11 is 0. The van der Waals surface area contributed by atoms with Crippen LogP contribution >= 0.6 is 0 Å². The minimum Gasteiger partial charge on any atom is -0.503 e. The molecule has 2 N–H and O–H groups in total. The molecule has 0 aliphatic carbocycles. The van der Waals surface area contributed by atoms with Crippen molar-refractivity contribution in [3.05, 3.63) is 27.7 Å². The maximum absolute atomic E-state index is 11.8. The van der Waals surface area contributed by atoms with Crippen LogP contribution in [0.2, 0.25) is 0 Å². The number of hydrogen-bond donors (Lipinski definition) is 2. The van der Waals surface area contributed by atoms with Gasteiger partial charge in [0, 0.05) is 24.3 Å². The van der Waals surface area contributed by atoms with Crippen molar-refractivity contribution in [1.82, 2.24) is 9.47 Å². The number of aromatic nitrogens is 1. The molecule has 0 radical (unpaired) electrons. The highest BCUT2D eigenvalue weighted by atomic mass is 16.3.